The van der Waals surface area contributed by atoms with E-state index in [0.29, 0.717) is 42.6 Å². The lowest BCUT2D eigenvalue weighted by Gasteiger charge is -2.07. The monoisotopic (exact) mass is 465 g/mol. The molecule has 3 aromatic rings. The van der Waals surface area contributed by atoms with Crippen LogP contribution in [0.3, 0.4) is 0 Å². The van der Waals surface area contributed by atoms with Gasteiger partial charge >= 0.3 is 0 Å². The summed E-state index contributed by atoms with van der Waals surface area (Å²) in [6, 6.07) is 9.45. The van der Waals surface area contributed by atoms with Crippen LogP contribution in [0, 0.1) is 0 Å². The first-order valence-electron chi connectivity index (χ1n) is 8.65. The first kappa shape index (κ1) is 20.3. The number of ether oxygens (including phenoxy) is 2. The molecule has 1 N–H and O–H groups in total. The van der Waals surface area contributed by atoms with Gasteiger partial charge in [0.1, 0.15) is 0 Å². The third kappa shape index (κ3) is 5.32. The molecule has 3 rings (SSSR count). The number of aromatic nitrogens is 2. The van der Waals surface area contributed by atoms with Gasteiger partial charge in [0.05, 0.1) is 18.0 Å². The van der Waals surface area contributed by atoms with Gasteiger partial charge in [-0.3, -0.25) is 4.79 Å². The minimum atomic E-state index is -0.0403. The average Bonchev–Trinajstić information content (AvgIpc) is 3.35. The molecule has 148 valence electrons. The van der Waals surface area contributed by atoms with Gasteiger partial charge in [-0.2, -0.15) is 4.98 Å². The molecular formula is C19H20BrN3O4S. The van der Waals surface area contributed by atoms with Crippen LogP contribution in [0.15, 0.2) is 38.6 Å². The molecule has 1 aromatic carbocycles. The van der Waals surface area contributed by atoms with Gasteiger partial charge in [0.15, 0.2) is 11.5 Å². The Morgan fingerprint density at radius 2 is 2.00 bits per heavy atom. The molecular weight excluding hydrogens is 446 g/mol. The maximum Gasteiger partial charge on any atom is 0.227 e. The van der Waals surface area contributed by atoms with E-state index in [9.17, 15) is 4.79 Å². The second-order valence-electron chi connectivity index (χ2n) is 5.89. The fourth-order valence-electron chi connectivity index (χ4n) is 2.57. The predicted molar refractivity (Wildman–Crippen MR) is 110 cm³/mol. The molecule has 0 radical (unpaired) electrons. The minimum absolute atomic E-state index is 0.0403. The number of amides is 1. The fraction of sp³-hybridized carbons (Fsp3) is 0.316. The highest BCUT2D eigenvalue weighted by Gasteiger charge is 2.13. The second kappa shape index (κ2) is 9.70. The number of hydrogen-bond donors (Lipinski definition) is 1. The molecule has 0 spiro atoms. The number of carbonyl (C=O) groups is 1. The molecule has 9 heteroatoms. The van der Waals surface area contributed by atoms with Gasteiger partial charge in [-0.05, 0) is 52.7 Å². The number of thiophene rings is 1. The summed E-state index contributed by atoms with van der Waals surface area (Å²) in [4.78, 5) is 17.6. The van der Waals surface area contributed by atoms with E-state index in [0.717, 1.165) is 15.8 Å². The largest absolute Gasteiger partial charge is 0.493 e. The Kier molecular flexibility index (Phi) is 7.05. The van der Waals surface area contributed by atoms with Crippen molar-refractivity contribution in [2.24, 2.45) is 0 Å². The molecule has 0 fully saturated rings. The van der Waals surface area contributed by atoms with Crippen LogP contribution in [-0.2, 0) is 17.6 Å². The molecule has 0 aliphatic heterocycles. The summed E-state index contributed by atoms with van der Waals surface area (Å²) < 4.78 is 16.9. The van der Waals surface area contributed by atoms with Crippen molar-refractivity contribution >= 4 is 33.2 Å². The zero-order chi connectivity index (χ0) is 19.9. The average molecular weight is 466 g/mol. The number of carbonyl (C=O) groups excluding carboxylic acids is 1. The number of nitrogens with one attached hydrogen (secondary N) is 1. The summed E-state index contributed by atoms with van der Waals surface area (Å²) in [5, 5.41) is 6.89. The highest BCUT2D eigenvalue weighted by Crippen LogP contribution is 2.31. The van der Waals surface area contributed by atoms with Crippen LogP contribution in [0.1, 0.15) is 17.2 Å². The van der Waals surface area contributed by atoms with E-state index in [1.165, 1.54) is 4.88 Å². The fourth-order valence-corrected chi connectivity index (χ4v) is 4.05. The van der Waals surface area contributed by atoms with E-state index in [-0.39, 0.29) is 5.91 Å². The van der Waals surface area contributed by atoms with Gasteiger partial charge in [0, 0.05) is 29.8 Å². The number of halogens is 1. The van der Waals surface area contributed by atoms with Crippen molar-refractivity contribution in [3.8, 4) is 22.9 Å². The lowest BCUT2D eigenvalue weighted by molar-refractivity contribution is -0.121. The zero-order valence-electron chi connectivity index (χ0n) is 15.5. The highest BCUT2D eigenvalue weighted by molar-refractivity contribution is 9.11. The van der Waals surface area contributed by atoms with Gasteiger partial charge < -0.3 is 19.3 Å². The molecule has 0 aliphatic rings. The number of methoxy groups -OCH3 is 2. The Labute approximate surface area is 175 Å². The summed E-state index contributed by atoms with van der Waals surface area (Å²) in [5.74, 6) is 2.04. The van der Waals surface area contributed by atoms with Crippen molar-refractivity contribution in [2.75, 3.05) is 20.8 Å². The first-order valence-corrected chi connectivity index (χ1v) is 10.3. The topological polar surface area (TPSA) is 86.5 Å². The zero-order valence-corrected chi connectivity index (χ0v) is 17.9. The molecule has 0 aliphatic carbocycles. The molecule has 0 saturated carbocycles. The maximum absolute atomic E-state index is 12.0. The number of hydrogen-bond acceptors (Lipinski definition) is 7. The van der Waals surface area contributed by atoms with Crippen LogP contribution >= 0.6 is 27.3 Å². The molecule has 2 heterocycles. The highest BCUT2D eigenvalue weighted by atomic mass is 79.9. The van der Waals surface area contributed by atoms with Crippen molar-refractivity contribution in [2.45, 2.75) is 19.3 Å². The van der Waals surface area contributed by atoms with Crippen molar-refractivity contribution in [1.82, 2.24) is 15.5 Å². The van der Waals surface area contributed by atoms with E-state index in [1.54, 1.807) is 37.7 Å². The Hall–Kier alpha value is -2.39. The lowest BCUT2D eigenvalue weighted by atomic mass is 10.2. The van der Waals surface area contributed by atoms with Crippen LogP contribution < -0.4 is 14.8 Å². The Balaban J connectivity index is 1.49. The molecule has 28 heavy (non-hydrogen) atoms. The Morgan fingerprint density at radius 3 is 2.71 bits per heavy atom. The molecule has 7 nitrogen and oxygen atoms in total. The van der Waals surface area contributed by atoms with E-state index >= 15 is 0 Å². The van der Waals surface area contributed by atoms with E-state index in [1.807, 2.05) is 12.1 Å². The number of rotatable bonds is 9. The summed E-state index contributed by atoms with van der Waals surface area (Å²) in [7, 11) is 3.15. The minimum Gasteiger partial charge on any atom is -0.493 e. The molecule has 2 aromatic heterocycles. The number of nitrogens with zero attached hydrogens (tertiary/aromatic N) is 2. The van der Waals surface area contributed by atoms with E-state index in [4.69, 9.17) is 14.0 Å². The number of benzene rings is 1. The Morgan fingerprint density at radius 1 is 1.18 bits per heavy atom. The van der Waals surface area contributed by atoms with E-state index in [2.05, 4.69) is 37.5 Å². The third-order valence-electron chi connectivity index (χ3n) is 4.00. The van der Waals surface area contributed by atoms with Gasteiger partial charge in [0.25, 0.3) is 0 Å². The third-order valence-corrected chi connectivity index (χ3v) is 5.68. The Bertz CT molecular complexity index is 941. The van der Waals surface area contributed by atoms with Crippen LogP contribution in [0.2, 0.25) is 0 Å². The normalized spacial score (nSPS) is 10.7. The standard InChI is InChI=1S/C19H20BrN3O4S/c1-25-14-5-3-12(11-15(14)26-2)19-22-18(27-23-19)8-7-17(24)21-10-9-13-4-6-16(20)28-13/h3-6,11H,7-10H2,1-2H3,(H,21,24). The summed E-state index contributed by atoms with van der Waals surface area (Å²) in [6.07, 6.45) is 1.49. The molecule has 0 unspecified atom stereocenters. The molecule has 1 amide bonds. The molecule has 0 atom stereocenters. The summed E-state index contributed by atoms with van der Waals surface area (Å²) in [5.41, 5.74) is 0.749. The summed E-state index contributed by atoms with van der Waals surface area (Å²) >= 11 is 5.10. The van der Waals surface area contributed by atoms with Crippen LogP contribution in [-0.4, -0.2) is 36.8 Å². The van der Waals surface area contributed by atoms with Crippen LogP contribution in [0.4, 0.5) is 0 Å². The van der Waals surface area contributed by atoms with Crippen molar-refractivity contribution < 1.29 is 18.8 Å². The molecule has 0 saturated heterocycles. The van der Waals surface area contributed by atoms with Crippen LogP contribution in [0.5, 0.6) is 11.5 Å². The summed E-state index contributed by atoms with van der Waals surface area (Å²) in [6.45, 7) is 0.604. The van der Waals surface area contributed by atoms with E-state index < -0.39 is 0 Å². The lowest BCUT2D eigenvalue weighted by Crippen LogP contribution is -2.25. The smallest absolute Gasteiger partial charge is 0.227 e. The quantitative estimate of drug-likeness (QED) is 0.515. The second-order valence-corrected chi connectivity index (χ2v) is 8.43. The van der Waals surface area contributed by atoms with Gasteiger partial charge in [-0.1, -0.05) is 5.16 Å². The van der Waals surface area contributed by atoms with Crippen LogP contribution in [0.25, 0.3) is 11.4 Å². The molecule has 0 bridgehead atoms. The first-order chi connectivity index (χ1) is 13.6. The number of aryl methyl sites for hydroxylation is 1. The maximum atomic E-state index is 12.0. The van der Waals surface area contributed by atoms with Crippen molar-refractivity contribution in [3.63, 3.8) is 0 Å². The van der Waals surface area contributed by atoms with Crippen molar-refractivity contribution in [3.05, 3.63) is 44.9 Å². The van der Waals surface area contributed by atoms with Gasteiger partial charge in [-0.15, -0.1) is 11.3 Å². The van der Waals surface area contributed by atoms with Gasteiger partial charge in [0.2, 0.25) is 17.6 Å². The predicted octanol–water partition coefficient (Wildman–Crippen LogP) is 3.87. The van der Waals surface area contributed by atoms with Gasteiger partial charge in [-0.25, -0.2) is 0 Å². The van der Waals surface area contributed by atoms with Crippen molar-refractivity contribution in [1.29, 1.82) is 0 Å². The SMILES string of the molecule is COc1ccc(-c2noc(CCC(=O)NCCc3ccc(Br)s3)n2)cc1OC.